The van der Waals surface area contributed by atoms with Gasteiger partial charge in [0.05, 0.1) is 15.9 Å². The molecule has 0 bridgehead atoms. The molecule has 0 unspecified atom stereocenters. The monoisotopic (exact) mass is 383 g/mol. The zero-order valence-electron chi connectivity index (χ0n) is 14.7. The zero-order chi connectivity index (χ0) is 18.1. The number of aryl methyl sites for hydroxylation is 1. The Hall–Kier alpha value is -1.88. The molecule has 0 spiro atoms. The van der Waals surface area contributed by atoms with Crippen molar-refractivity contribution in [2.24, 2.45) is 5.73 Å². The van der Waals surface area contributed by atoms with Crippen molar-refractivity contribution in [1.29, 1.82) is 0 Å². The highest BCUT2D eigenvalue weighted by atomic mass is 35.5. The second kappa shape index (κ2) is 7.39. The van der Waals surface area contributed by atoms with Crippen LogP contribution in [0.4, 0.5) is 5.69 Å². The number of rotatable bonds is 4. The van der Waals surface area contributed by atoms with Crippen LogP contribution in [0.25, 0.3) is 10.2 Å². The quantitative estimate of drug-likeness (QED) is 0.453. The van der Waals surface area contributed by atoms with Crippen molar-refractivity contribution in [3.05, 3.63) is 69.7 Å². The minimum Gasteiger partial charge on any atom is -0.380 e. The van der Waals surface area contributed by atoms with E-state index in [1.807, 2.05) is 23.5 Å². The van der Waals surface area contributed by atoms with E-state index in [-0.39, 0.29) is 6.04 Å². The number of benzene rings is 1. The first kappa shape index (κ1) is 17.5. The van der Waals surface area contributed by atoms with Crippen LogP contribution in [0.1, 0.15) is 34.8 Å². The van der Waals surface area contributed by atoms with E-state index in [1.165, 1.54) is 20.7 Å². The Morgan fingerprint density at radius 1 is 1.23 bits per heavy atom. The van der Waals surface area contributed by atoms with Gasteiger partial charge < -0.3 is 11.1 Å². The molecule has 3 nitrogen and oxygen atoms in total. The zero-order valence-corrected chi connectivity index (χ0v) is 16.3. The fraction of sp³-hybridized carbons (Fsp3) is 0.286. The van der Waals surface area contributed by atoms with Gasteiger partial charge in [0.25, 0.3) is 0 Å². The third-order valence-electron chi connectivity index (χ3n) is 5.02. The van der Waals surface area contributed by atoms with Gasteiger partial charge in [0.15, 0.2) is 0 Å². The van der Waals surface area contributed by atoms with Crippen molar-refractivity contribution in [2.45, 2.75) is 38.3 Å². The molecule has 3 N–H and O–H groups in total. The smallest absolute Gasteiger partial charge is 0.131 e. The molecule has 1 aliphatic carbocycles. The SMILES string of the molecule is Cc1c([C@H]2CC=CC[C@@H]2N)sc2c(NCc3ccccc3)cc(Cl)nc12. The molecule has 0 radical (unpaired) electrons. The summed E-state index contributed by atoms with van der Waals surface area (Å²) >= 11 is 8.13. The number of pyridine rings is 1. The minimum absolute atomic E-state index is 0.169. The van der Waals surface area contributed by atoms with Gasteiger partial charge in [-0.2, -0.15) is 0 Å². The standard InChI is InChI=1S/C21H22ClN3S/c1-13-19-21(26-20(13)15-9-5-6-10-16(15)23)17(11-18(22)25-19)24-12-14-7-3-2-4-8-14/h2-8,11,15-16H,9-10,12,23H2,1H3,(H,24,25)/t15-,16-/m0/s1. The lowest BCUT2D eigenvalue weighted by Crippen LogP contribution is -2.29. The average Bonchev–Trinajstić information content (AvgIpc) is 2.98. The predicted molar refractivity (Wildman–Crippen MR) is 112 cm³/mol. The van der Waals surface area contributed by atoms with Gasteiger partial charge in [0, 0.05) is 29.4 Å². The molecule has 4 rings (SSSR count). The Morgan fingerprint density at radius 3 is 2.77 bits per heavy atom. The maximum Gasteiger partial charge on any atom is 0.131 e. The van der Waals surface area contributed by atoms with Gasteiger partial charge in [-0.05, 0) is 30.9 Å². The first-order chi connectivity index (χ1) is 12.6. The van der Waals surface area contributed by atoms with Crippen LogP contribution in [0.5, 0.6) is 0 Å². The molecule has 1 aliphatic rings. The highest BCUT2D eigenvalue weighted by Gasteiger charge is 2.26. The molecule has 0 fully saturated rings. The number of fused-ring (bicyclic) bond motifs is 1. The van der Waals surface area contributed by atoms with Gasteiger partial charge in [-0.1, -0.05) is 54.1 Å². The summed E-state index contributed by atoms with van der Waals surface area (Å²) in [5.41, 5.74) is 10.9. The van der Waals surface area contributed by atoms with Crippen LogP contribution in [-0.2, 0) is 6.54 Å². The molecular formula is C21H22ClN3S. The summed E-state index contributed by atoms with van der Waals surface area (Å²) in [4.78, 5) is 5.95. The third kappa shape index (κ3) is 3.37. The molecular weight excluding hydrogens is 362 g/mol. The Morgan fingerprint density at radius 2 is 2.00 bits per heavy atom. The highest BCUT2D eigenvalue weighted by molar-refractivity contribution is 7.20. The number of allylic oxidation sites excluding steroid dienone is 1. The second-order valence-electron chi connectivity index (χ2n) is 6.81. The van der Waals surface area contributed by atoms with Crippen LogP contribution >= 0.6 is 22.9 Å². The molecule has 0 aliphatic heterocycles. The number of nitrogens with one attached hydrogen (secondary N) is 1. The number of hydrogen-bond acceptors (Lipinski definition) is 4. The summed E-state index contributed by atoms with van der Waals surface area (Å²) < 4.78 is 1.17. The molecule has 0 saturated heterocycles. The predicted octanol–water partition coefficient (Wildman–Crippen LogP) is 5.63. The fourth-order valence-electron chi connectivity index (χ4n) is 3.58. The third-order valence-corrected chi connectivity index (χ3v) is 6.66. The number of thiophene rings is 1. The molecule has 2 aromatic heterocycles. The Labute approximate surface area is 162 Å². The summed E-state index contributed by atoms with van der Waals surface area (Å²) in [6, 6.07) is 12.5. The van der Waals surface area contributed by atoms with E-state index in [0.717, 1.165) is 30.6 Å². The normalized spacial score (nSPS) is 19.8. The summed E-state index contributed by atoms with van der Waals surface area (Å²) in [5.74, 6) is 0.361. The summed E-state index contributed by atoms with van der Waals surface area (Å²) in [6.07, 6.45) is 6.36. The molecule has 0 amide bonds. The largest absolute Gasteiger partial charge is 0.380 e. The van der Waals surface area contributed by atoms with Crippen molar-refractivity contribution in [1.82, 2.24) is 4.98 Å². The van der Waals surface area contributed by atoms with Crippen LogP contribution in [0, 0.1) is 6.92 Å². The van der Waals surface area contributed by atoms with E-state index in [1.54, 1.807) is 0 Å². The van der Waals surface area contributed by atoms with Crippen molar-refractivity contribution < 1.29 is 0 Å². The maximum atomic E-state index is 6.40. The number of hydrogen-bond donors (Lipinski definition) is 2. The molecule has 5 heteroatoms. The van der Waals surface area contributed by atoms with E-state index in [0.29, 0.717) is 11.1 Å². The number of anilines is 1. The second-order valence-corrected chi connectivity index (χ2v) is 8.25. The number of nitrogens with zero attached hydrogens (tertiary/aromatic N) is 1. The van der Waals surface area contributed by atoms with E-state index in [9.17, 15) is 0 Å². The van der Waals surface area contributed by atoms with Crippen molar-refractivity contribution in [3.8, 4) is 0 Å². The van der Waals surface area contributed by atoms with Crippen LogP contribution in [0.2, 0.25) is 5.15 Å². The lowest BCUT2D eigenvalue weighted by atomic mass is 9.87. The lowest BCUT2D eigenvalue weighted by molar-refractivity contribution is 0.526. The fourth-order valence-corrected chi connectivity index (χ4v) is 5.20. The van der Waals surface area contributed by atoms with Gasteiger partial charge in [-0.25, -0.2) is 4.98 Å². The number of nitrogens with two attached hydrogens (primary N) is 1. The van der Waals surface area contributed by atoms with Gasteiger partial charge in [0.2, 0.25) is 0 Å². The van der Waals surface area contributed by atoms with Gasteiger partial charge >= 0.3 is 0 Å². The maximum absolute atomic E-state index is 6.40. The minimum atomic E-state index is 0.169. The molecule has 26 heavy (non-hydrogen) atoms. The molecule has 0 saturated carbocycles. The summed E-state index contributed by atoms with van der Waals surface area (Å²) in [7, 11) is 0. The van der Waals surface area contributed by atoms with Gasteiger partial charge in [0.1, 0.15) is 5.15 Å². The van der Waals surface area contributed by atoms with Crippen LogP contribution in [0.3, 0.4) is 0 Å². The lowest BCUT2D eigenvalue weighted by Gasteiger charge is -2.24. The Balaban J connectivity index is 1.72. The first-order valence-electron chi connectivity index (χ1n) is 8.91. The number of halogens is 1. The molecule has 2 heterocycles. The molecule has 2 atom stereocenters. The van der Waals surface area contributed by atoms with Crippen LogP contribution in [-0.4, -0.2) is 11.0 Å². The summed E-state index contributed by atoms with van der Waals surface area (Å²) in [5, 5.41) is 4.06. The van der Waals surface area contributed by atoms with Crippen molar-refractivity contribution in [2.75, 3.05) is 5.32 Å². The van der Waals surface area contributed by atoms with Crippen LogP contribution < -0.4 is 11.1 Å². The molecule has 134 valence electrons. The Kier molecular flexibility index (Phi) is 4.98. The highest BCUT2D eigenvalue weighted by Crippen LogP contribution is 2.42. The van der Waals surface area contributed by atoms with E-state index in [2.05, 4.69) is 53.6 Å². The van der Waals surface area contributed by atoms with E-state index < -0.39 is 0 Å². The average molecular weight is 384 g/mol. The van der Waals surface area contributed by atoms with Crippen molar-refractivity contribution in [3.63, 3.8) is 0 Å². The van der Waals surface area contributed by atoms with Crippen molar-refractivity contribution >= 4 is 38.8 Å². The first-order valence-corrected chi connectivity index (χ1v) is 10.1. The molecule has 3 aromatic rings. The van der Waals surface area contributed by atoms with E-state index in [4.69, 9.17) is 17.3 Å². The number of aromatic nitrogens is 1. The van der Waals surface area contributed by atoms with Gasteiger partial charge in [-0.15, -0.1) is 11.3 Å². The Bertz CT molecular complexity index is 949. The summed E-state index contributed by atoms with van der Waals surface area (Å²) in [6.45, 7) is 2.90. The molecule has 1 aromatic carbocycles. The van der Waals surface area contributed by atoms with Gasteiger partial charge in [-0.3, -0.25) is 0 Å². The topological polar surface area (TPSA) is 50.9 Å². The van der Waals surface area contributed by atoms with E-state index >= 15 is 0 Å². The van der Waals surface area contributed by atoms with Crippen LogP contribution in [0.15, 0.2) is 48.6 Å².